The number of hydrogen-bond donors (Lipinski definition) is 1. The molecule has 2 aromatic rings. The second kappa shape index (κ2) is 4.26. The van der Waals surface area contributed by atoms with Crippen LogP contribution < -0.4 is 5.32 Å². The normalized spacial score (nSPS) is 10.5. The Morgan fingerprint density at radius 1 is 1.20 bits per heavy atom. The van der Waals surface area contributed by atoms with Crippen LogP contribution in [0.5, 0.6) is 0 Å². The first-order valence-corrected chi connectivity index (χ1v) is 5.32. The van der Waals surface area contributed by atoms with E-state index in [0.29, 0.717) is 0 Å². The molecule has 2 rings (SSSR count). The Kier molecular flexibility index (Phi) is 2.81. The predicted octanol–water partition coefficient (Wildman–Crippen LogP) is 2.62. The molecule has 0 saturated carbocycles. The van der Waals surface area contributed by atoms with Gasteiger partial charge in [0.25, 0.3) is 0 Å². The van der Waals surface area contributed by atoms with E-state index >= 15 is 0 Å². The fourth-order valence-corrected chi connectivity index (χ4v) is 1.63. The van der Waals surface area contributed by atoms with Crippen molar-refractivity contribution < 1.29 is 0 Å². The van der Waals surface area contributed by atoms with Crippen LogP contribution in [-0.2, 0) is 6.42 Å². The summed E-state index contributed by atoms with van der Waals surface area (Å²) >= 11 is 0. The summed E-state index contributed by atoms with van der Waals surface area (Å²) in [5.74, 6) is 0.929. The summed E-state index contributed by atoms with van der Waals surface area (Å²) in [4.78, 5) is 8.50. The lowest BCUT2D eigenvalue weighted by Crippen LogP contribution is -2.00. The number of fused-ring (bicyclic) bond motifs is 1. The van der Waals surface area contributed by atoms with Gasteiger partial charge in [-0.2, -0.15) is 0 Å². The molecule has 1 heterocycles. The molecule has 15 heavy (non-hydrogen) atoms. The number of aromatic nitrogens is 2. The highest BCUT2D eigenvalue weighted by molar-refractivity contribution is 5.89. The molecule has 0 bridgehead atoms. The van der Waals surface area contributed by atoms with E-state index in [4.69, 9.17) is 0 Å². The molecule has 0 aliphatic rings. The van der Waals surface area contributed by atoms with E-state index in [0.717, 1.165) is 29.7 Å². The second-order valence-corrected chi connectivity index (χ2v) is 3.46. The molecule has 3 heteroatoms. The van der Waals surface area contributed by atoms with Crippen molar-refractivity contribution in [2.24, 2.45) is 0 Å². The Morgan fingerprint density at radius 3 is 2.80 bits per heavy atom. The molecule has 1 aromatic heterocycles. The summed E-state index contributed by atoms with van der Waals surface area (Å²) in [6.45, 7) is 5.10. The third-order valence-electron chi connectivity index (χ3n) is 2.45. The molecule has 1 aromatic carbocycles. The molecule has 0 aliphatic heterocycles. The van der Waals surface area contributed by atoms with Crippen LogP contribution in [0.4, 0.5) is 5.82 Å². The number of nitrogens with zero attached hydrogens (tertiary/aromatic N) is 2. The average molecular weight is 201 g/mol. The maximum atomic E-state index is 4.25. The minimum Gasteiger partial charge on any atom is -0.370 e. The Hall–Kier alpha value is -1.64. The lowest BCUT2D eigenvalue weighted by molar-refractivity contribution is 1.12. The highest BCUT2D eigenvalue weighted by atomic mass is 15.0. The molecule has 0 radical (unpaired) electrons. The largest absolute Gasteiger partial charge is 0.370 e. The standard InChI is InChI=1S/C12H15N3/c1-3-9-5-6-11-10(7-9)12(13-4-2)15-8-14-11/h5-8H,3-4H2,1-2H3,(H,13,14,15). The van der Waals surface area contributed by atoms with Gasteiger partial charge in [0.05, 0.1) is 5.52 Å². The first kappa shape index (κ1) is 9.90. The molecule has 0 atom stereocenters. The van der Waals surface area contributed by atoms with Crippen molar-refractivity contribution in [3.8, 4) is 0 Å². The smallest absolute Gasteiger partial charge is 0.137 e. The first-order chi connectivity index (χ1) is 7.35. The molecule has 0 saturated heterocycles. The molecule has 0 spiro atoms. The van der Waals surface area contributed by atoms with E-state index in [2.05, 4.69) is 47.3 Å². The molecule has 78 valence electrons. The minimum absolute atomic E-state index is 0.877. The number of hydrogen-bond acceptors (Lipinski definition) is 3. The topological polar surface area (TPSA) is 37.8 Å². The minimum atomic E-state index is 0.877. The zero-order chi connectivity index (χ0) is 10.7. The molecule has 1 N–H and O–H groups in total. The molecule has 0 amide bonds. The van der Waals surface area contributed by atoms with Crippen LogP contribution in [0.2, 0.25) is 0 Å². The lowest BCUT2D eigenvalue weighted by atomic mass is 10.1. The Balaban J connectivity index is 2.59. The van der Waals surface area contributed by atoms with Crippen molar-refractivity contribution in [2.75, 3.05) is 11.9 Å². The van der Waals surface area contributed by atoms with Gasteiger partial charge in [0.2, 0.25) is 0 Å². The lowest BCUT2D eigenvalue weighted by Gasteiger charge is -2.06. The van der Waals surface area contributed by atoms with E-state index in [1.54, 1.807) is 6.33 Å². The number of rotatable bonds is 3. The summed E-state index contributed by atoms with van der Waals surface area (Å²) in [6.07, 6.45) is 2.64. The van der Waals surface area contributed by atoms with Crippen LogP contribution in [-0.4, -0.2) is 16.5 Å². The molecule has 3 nitrogen and oxygen atoms in total. The van der Waals surface area contributed by atoms with Gasteiger partial charge in [0.15, 0.2) is 0 Å². The van der Waals surface area contributed by atoms with Crippen LogP contribution in [0, 0.1) is 0 Å². The van der Waals surface area contributed by atoms with Gasteiger partial charge in [0.1, 0.15) is 12.1 Å². The van der Waals surface area contributed by atoms with Crippen molar-refractivity contribution in [3.63, 3.8) is 0 Å². The molecule has 0 aliphatic carbocycles. The number of anilines is 1. The van der Waals surface area contributed by atoms with Crippen molar-refractivity contribution >= 4 is 16.7 Å². The summed E-state index contributed by atoms with van der Waals surface area (Å²) < 4.78 is 0. The van der Waals surface area contributed by atoms with Gasteiger partial charge in [-0.15, -0.1) is 0 Å². The van der Waals surface area contributed by atoms with E-state index in [9.17, 15) is 0 Å². The van der Waals surface area contributed by atoms with Crippen molar-refractivity contribution in [1.29, 1.82) is 0 Å². The summed E-state index contributed by atoms with van der Waals surface area (Å²) in [7, 11) is 0. The van der Waals surface area contributed by atoms with Gasteiger partial charge in [0, 0.05) is 11.9 Å². The summed E-state index contributed by atoms with van der Waals surface area (Å²) in [5.41, 5.74) is 2.31. The van der Waals surface area contributed by atoms with Gasteiger partial charge in [-0.1, -0.05) is 13.0 Å². The molecular weight excluding hydrogens is 186 g/mol. The average Bonchev–Trinajstić information content (AvgIpc) is 2.29. The highest BCUT2D eigenvalue weighted by Crippen LogP contribution is 2.20. The number of aryl methyl sites for hydroxylation is 1. The molecular formula is C12H15N3. The maximum Gasteiger partial charge on any atom is 0.137 e. The SMILES string of the molecule is CCNc1ncnc2ccc(CC)cc12. The molecule has 0 unspecified atom stereocenters. The number of nitrogens with one attached hydrogen (secondary N) is 1. The monoisotopic (exact) mass is 201 g/mol. The van der Waals surface area contributed by atoms with Crippen molar-refractivity contribution in [2.45, 2.75) is 20.3 Å². The van der Waals surface area contributed by atoms with Crippen molar-refractivity contribution in [3.05, 3.63) is 30.1 Å². The Bertz CT molecular complexity index is 465. The Morgan fingerprint density at radius 2 is 2.07 bits per heavy atom. The quantitative estimate of drug-likeness (QED) is 0.829. The van der Waals surface area contributed by atoms with Gasteiger partial charge >= 0.3 is 0 Å². The summed E-state index contributed by atoms with van der Waals surface area (Å²) in [6, 6.07) is 6.33. The van der Waals surface area contributed by atoms with E-state index in [-0.39, 0.29) is 0 Å². The summed E-state index contributed by atoms with van der Waals surface area (Å²) in [5, 5.41) is 4.36. The van der Waals surface area contributed by atoms with Crippen molar-refractivity contribution in [1.82, 2.24) is 9.97 Å². The van der Waals surface area contributed by atoms with Crippen LogP contribution in [0.15, 0.2) is 24.5 Å². The van der Waals surface area contributed by atoms with Crippen LogP contribution in [0.3, 0.4) is 0 Å². The van der Waals surface area contributed by atoms with E-state index in [1.165, 1.54) is 5.56 Å². The number of benzene rings is 1. The highest BCUT2D eigenvalue weighted by Gasteiger charge is 2.02. The van der Waals surface area contributed by atoms with Gasteiger partial charge in [-0.25, -0.2) is 9.97 Å². The molecule has 0 fully saturated rings. The van der Waals surface area contributed by atoms with Gasteiger partial charge < -0.3 is 5.32 Å². The third-order valence-corrected chi connectivity index (χ3v) is 2.45. The second-order valence-electron chi connectivity index (χ2n) is 3.46. The third kappa shape index (κ3) is 1.91. The zero-order valence-corrected chi connectivity index (χ0v) is 9.12. The van der Waals surface area contributed by atoms with E-state index < -0.39 is 0 Å². The maximum absolute atomic E-state index is 4.25. The van der Waals surface area contributed by atoms with Crippen LogP contribution in [0.1, 0.15) is 19.4 Å². The van der Waals surface area contributed by atoms with Crippen LogP contribution >= 0.6 is 0 Å². The van der Waals surface area contributed by atoms with Crippen LogP contribution in [0.25, 0.3) is 10.9 Å². The van der Waals surface area contributed by atoms with Gasteiger partial charge in [-0.3, -0.25) is 0 Å². The fraction of sp³-hybridized carbons (Fsp3) is 0.333. The van der Waals surface area contributed by atoms with Gasteiger partial charge in [-0.05, 0) is 31.0 Å². The Labute approximate surface area is 89.6 Å². The first-order valence-electron chi connectivity index (χ1n) is 5.32. The van der Waals surface area contributed by atoms with E-state index in [1.807, 2.05) is 0 Å². The predicted molar refractivity (Wildman–Crippen MR) is 63.1 cm³/mol. The zero-order valence-electron chi connectivity index (χ0n) is 9.12. The fourth-order valence-electron chi connectivity index (χ4n) is 1.63.